The van der Waals surface area contributed by atoms with E-state index in [2.05, 4.69) is 43.5 Å². The summed E-state index contributed by atoms with van der Waals surface area (Å²) in [5.74, 6) is 0.883. The normalized spacial score (nSPS) is 11.4. The third-order valence-corrected chi connectivity index (χ3v) is 3.44. The molecular formula is C18H24N2O2. The molecule has 0 spiro atoms. The Labute approximate surface area is 131 Å². The predicted octanol–water partition coefficient (Wildman–Crippen LogP) is 3.70. The van der Waals surface area contributed by atoms with Gasteiger partial charge in [-0.05, 0) is 35.2 Å². The van der Waals surface area contributed by atoms with Gasteiger partial charge in [-0.1, -0.05) is 32.9 Å². The Hall–Kier alpha value is -2.07. The molecule has 0 radical (unpaired) electrons. The Bertz CT molecular complexity index is 581. The van der Waals surface area contributed by atoms with E-state index in [9.17, 15) is 4.79 Å². The molecule has 0 saturated carbocycles. The minimum Gasteiger partial charge on any atom is -0.468 e. The third kappa shape index (κ3) is 5.04. The summed E-state index contributed by atoms with van der Waals surface area (Å²) in [6, 6.07) is 11.8. The number of amides is 1. The van der Waals surface area contributed by atoms with E-state index in [-0.39, 0.29) is 11.3 Å². The molecule has 0 aliphatic rings. The highest BCUT2D eigenvalue weighted by Crippen LogP contribution is 2.23. The van der Waals surface area contributed by atoms with Gasteiger partial charge >= 0.3 is 0 Å². The fourth-order valence-electron chi connectivity index (χ4n) is 2.10. The molecule has 1 aromatic heterocycles. The van der Waals surface area contributed by atoms with Gasteiger partial charge in [0.05, 0.1) is 12.8 Å². The fraction of sp³-hybridized carbons (Fsp3) is 0.389. The number of hydrogen-bond donors (Lipinski definition) is 2. The van der Waals surface area contributed by atoms with Crippen LogP contribution in [0.4, 0.5) is 5.69 Å². The van der Waals surface area contributed by atoms with Crippen LogP contribution in [0.2, 0.25) is 0 Å². The molecule has 0 saturated heterocycles. The molecule has 0 bridgehead atoms. The van der Waals surface area contributed by atoms with Crippen molar-refractivity contribution in [2.45, 2.75) is 39.2 Å². The van der Waals surface area contributed by atoms with Gasteiger partial charge in [0, 0.05) is 18.7 Å². The Balaban J connectivity index is 1.72. The molecule has 2 aromatic rings. The highest BCUT2D eigenvalue weighted by Gasteiger charge is 2.13. The highest BCUT2D eigenvalue weighted by atomic mass is 16.3. The van der Waals surface area contributed by atoms with Crippen molar-refractivity contribution in [2.75, 3.05) is 11.9 Å². The number of hydrogen-bond acceptors (Lipinski definition) is 3. The molecular weight excluding hydrogens is 276 g/mol. The molecule has 2 rings (SSSR count). The smallest absolute Gasteiger partial charge is 0.225 e. The van der Waals surface area contributed by atoms with Gasteiger partial charge < -0.3 is 15.1 Å². The lowest BCUT2D eigenvalue weighted by molar-refractivity contribution is -0.116. The van der Waals surface area contributed by atoms with Gasteiger partial charge in [0.25, 0.3) is 0 Å². The second-order valence-corrected chi connectivity index (χ2v) is 6.38. The topological polar surface area (TPSA) is 54.3 Å². The zero-order chi connectivity index (χ0) is 16.0. The molecule has 0 fully saturated rings. The summed E-state index contributed by atoms with van der Waals surface area (Å²) in [6.45, 7) is 7.77. The van der Waals surface area contributed by atoms with E-state index >= 15 is 0 Å². The van der Waals surface area contributed by atoms with Gasteiger partial charge in [-0.25, -0.2) is 0 Å². The van der Waals surface area contributed by atoms with Gasteiger partial charge in [-0.3, -0.25) is 4.79 Å². The van der Waals surface area contributed by atoms with E-state index in [4.69, 9.17) is 4.42 Å². The molecule has 22 heavy (non-hydrogen) atoms. The standard InChI is InChI=1S/C18H24N2O2/c1-18(2,3)14-6-8-15(9-7-14)20-17(21)10-11-19-13-16-5-4-12-22-16/h4-9,12,19H,10-11,13H2,1-3H3,(H,20,21). The molecule has 0 aliphatic carbocycles. The number of carbonyl (C=O) groups excluding carboxylic acids is 1. The predicted molar refractivity (Wildman–Crippen MR) is 88.8 cm³/mol. The summed E-state index contributed by atoms with van der Waals surface area (Å²) in [5.41, 5.74) is 2.22. The van der Waals surface area contributed by atoms with Crippen LogP contribution in [0.25, 0.3) is 0 Å². The van der Waals surface area contributed by atoms with Crippen molar-refractivity contribution >= 4 is 11.6 Å². The van der Waals surface area contributed by atoms with Crippen LogP contribution in [0, 0.1) is 0 Å². The van der Waals surface area contributed by atoms with Crippen LogP contribution in [-0.2, 0) is 16.8 Å². The van der Waals surface area contributed by atoms with Crippen LogP contribution in [0.1, 0.15) is 38.5 Å². The van der Waals surface area contributed by atoms with Crippen LogP contribution in [-0.4, -0.2) is 12.5 Å². The van der Waals surface area contributed by atoms with Crippen molar-refractivity contribution in [2.24, 2.45) is 0 Å². The SMILES string of the molecule is CC(C)(C)c1ccc(NC(=O)CCNCc2ccco2)cc1. The summed E-state index contributed by atoms with van der Waals surface area (Å²) in [5, 5.41) is 6.09. The average Bonchev–Trinajstić information content (AvgIpc) is 2.96. The first-order valence-corrected chi connectivity index (χ1v) is 7.58. The van der Waals surface area contributed by atoms with Crippen molar-refractivity contribution in [1.29, 1.82) is 0 Å². The number of nitrogens with one attached hydrogen (secondary N) is 2. The maximum absolute atomic E-state index is 11.9. The van der Waals surface area contributed by atoms with Crippen LogP contribution in [0.5, 0.6) is 0 Å². The number of benzene rings is 1. The van der Waals surface area contributed by atoms with Gasteiger partial charge in [-0.15, -0.1) is 0 Å². The van der Waals surface area contributed by atoms with Gasteiger partial charge in [0.2, 0.25) is 5.91 Å². The van der Waals surface area contributed by atoms with Crippen LogP contribution >= 0.6 is 0 Å². The molecule has 1 aromatic carbocycles. The summed E-state index contributed by atoms with van der Waals surface area (Å²) in [7, 11) is 0. The molecule has 1 heterocycles. The third-order valence-electron chi connectivity index (χ3n) is 3.44. The molecule has 0 unspecified atom stereocenters. The first-order chi connectivity index (χ1) is 10.4. The Morgan fingerprint density at radius 1 is 1.14 bits per heavy atom. The Morgan fingerprint density at radius 2 is 1.86 bits per heavy atom. The lowest BCUT2D eigenvalue weighted by Gasteiger charge is -2.19. The largest absolute Gasteiger partial charge is 0.468 e. The van der Waals surface area contributed by atoms with Gasteiger partial charge in [0.15, 0.2) is 0 Å². The molecule has 0 atom stereocenters. The summed E-state index contributed by atoms with van der Waals surface area (Å²) < 4.78 is 5.21. The summed E-state index contributed by atoms with van der Waals surface area (Å²) in [4.78, 5) is 11.9. The minimum absolute atomic E-state index is 0.00968. The van der Waals surface area contributed by atoms with Crippen molar-refractivity contribution in [1.82, 2.24) is 5.32 Å². The molecule has 1 amide bonds. The quantitative estimate of drug-likeness (QED) is 0.800. The minimum atomic E-state index is 0.00968. The lowest BCUT2D eigenvalue weighted by atomic mass is 9.87. The maximum Gasteiger partial charge on any atom is 0.225 e. The fourth-order valence-corrected chi connectivity index (χ4v) is 2.10. The maximum atomic E-state index is 11.9. The van der Waals surface area contributed by atoms with Crippen LogP contribution in [0.3, 0.4) is 0 Å². The lowest BCUT2D eigenvalue weighted by Crippen LogP contribution is -2.21. The van der Waals surface area contributed by atoms with E-state index < -0.39 is 0 Å². The monoisotopic (exact) mass is 300 g/mol. The second kappa shape index (κ2) is 7.27. The van der Waals surface area contributed by atoms with Crippen LogP contribution in [0.15, 0.2) is 47.1 Å². The average molecular weight is 300 g/mol. The summed E-state index contributed by atoms with van der Waals surface area (Å²) in [6.07, 6.45) is 2.08. The van der Waals surface area contributed by atoms with Crippen molar-refractivity contribution in [3.63, 3.8) is 0 Å². The van der Waals surface area contributed by atoms with Crippen molar-refractivity contribution < 1.29 is 9.21 Å². The second-order valence-electron chi connectivity index (χ2n) is 6.38. The molecule has 0 aliphatic heterocycles. The van der Waals surface area contributed by atoms with E-state index in [1.54, 1.807) is 6.26 Å². The highest BCUT2D eigenvalue weighted by molar-refractivity contribution is 5.90. The molecule has 118 valence electrons. The van der Waals surface area contributed by atoms with Crippen molar-refractivity contribution in [3.05, 3.63) is 54.0 Å². The summed E-state index contributed by atoms with van der Waals surface area (Å²) >= 11 is 0. The molecule has 4 heteroatoms. The zero-order valence-corrected chi connectivity index (χ0v) is 13.5. The van der Waals surface area contributed by atoms with E-state index in [1.807, 2.05) is 24.3 Å². The number of anilines is 1. The van der Waals surface area contributed by atoms with E-state index in [0.717, 1.165) is 11.4 Å². The Morgan fingerprint density at radius 3 is 2.45 bits per heavy atom. The van der Waals surface area contributed by atoms with Crippen LogP contribution < -0.4 is 10.6 Å². The van der Waals surface area contributed by atoms with Gasteiger partial charge in [0.1, 0.15) is 5.76 Å². The first-order valence-electron chi connectivity index (χ1n) is 7.58. The molecule has 2 N–H and O–H groups in total. The first kappa shape index (κ1) is 16.3. The number of furan rings is 1. The number of rotatable bonds is 6. The van der Waals surface area contributed by atoms with E-state index in [0.29, 0.717) is 19.5 Å². The van der Waals surface area contributed by atoms with E-state index in [1.165, 1.54) is 5.56 Å². The van der Waals surface area contributed by atoms with Crippen molar-refractivity contribution in [3.8, 4) is 0 Å². The number of carbonyl (C=O) groups is 1. The zero-order valence-electron chi connectivity index (χ0n) is 13.5. The van der Waals surface area contributed by atoms with Gasteiger partial charge in [-0.2, -0.15) is 0 Å². The molecule has 4 nitrogen and oxygen atoms in total. The Kier molecular flexibility index (Phi) is 5.39.